The van der Waals surface area contributed by atoms with E-state index in [0.717, 1.165) is 33.6 Å². The summed E-state index contributed by atoms with van der Waals surface area (Å²) in [5.74, 6) is -0.700. The average Bonchev–Trinajstić information content (AvgIpc) is 3.55. The smallest absolute Gasteiger partial charge is 0.406 e. The van der Waals surface area contributed by atoms with Crippen LogP contribution in [0, 0.1) is 17.8 Å². The van der Waals surface area contributed by atoms with Crippen molar-refractivity contribution in [3.05, 3.63) is 120 Å². The number of methoxy groups -OCH3 is 1. The molecule has 0 saturated carbocycles. The number of hydrogen-bond acceptors (Lipinski definition) is 9. The van der Waals surface area contributed by atoms with E-state index in [1.54, 1.807) is 27.2 Å². The molecule has 2 aromatic carbocycles. The summed E-state index contributed by atoms with van der Waals surface area (Å²) in [4.78, 5) is 66.1. The number of amides is 5. The van der Waals surface area contributed by atoms with Crippen molar-refractivity contribution in [3.63, 3.8) is 0 Å². The van der Waals surface area contributed by atoms with Crippen LogP contribution in [0.1, 0.15) is 63.4 Å². The molecule has 3 unspecified atom stereocenters. The second-order valence-electron chi connectivity index (χ2n) is 17.4. The summed E-state index contributed by atoms with van der Waals surface area (Å²) in [5, 5.41) is 19.6. The summed E-state index contributed by atoms with van der Waals surface area (Å²) >= 11 is 0. The Morgan fingerprint density at radius 3 is 2.22 bits per heavy atom. The zero-order valence-corrected chi connectivity index (χ0v) is 35.9. The van der Waals surface area contributed by atoms with E-state index in [1.165, 1.54) is 7.11 Å². The van der Waals surface area contributed by atoms with E-state index in [1.807, 2.05) is 126 Å². The van der Waals surface area contributed by atoms with Crippen LogP contribution in [0.2, 0.25) is 0 Å². The number of aliphatic hydroxyl groups is 1. The first-order valence-corrected chi connectivity index (χ1v) is 20.4. The maximum Gasteiger partial charge on any atom is 0.406 e. The predicted molar refractivity (Wildman–Crippen MR) is 230 cm³/mol. The molecule has 0 spiro atoms. The van der Waals surface area contributed by atoms with Gasteiger partial charge in [-0.15, -0.1) is 0 Å². The zero-order valence-electron chi connectivity index (χ0n) is 35.9. The number of nitrogens with zero attached hydrogens (tertiary/aromatic N) is 5. The lowest BCUT2D eigenvalue weighted by atomic mass is 9.84. The quantitative estimate of drug-likeness (QED) is 0.0948. The van der Waals surface area contributed by atoms with Gasteiger partial charge in [0.2, 0.25) is 11.8 Å². The number of carbonyl (C=O) groups excluding carboxylic acids is 4. The Kier molecular flexibility index (Phi) is 15.4. The summed E-state index contributed by atoms with van der Waals surface area (Å²) in [6, 6.07) is 25.1. The zero-order chi connectivity index (χ0) is 43.5. The highest BCUT2D eigenvalue weighted by atomic mass is 16.5. The van der Waals surface area contributed by atoms with Crippen LogP contribution in [0.4, 0.5) is 9.59 Å². The van der Waals surface area contributed by atoms with Crippen LogP contribution in [0.5, 0.6) is 0 Å². The highest BCUT2D eigenvalue weighted by Gasteiger charge is 2.44. The Bertz CT molecular complexity index is 2020. The van der Waals surface area contributed by atoms with Gasteiger partial charge in [0.25, 0.3) is 0 Å². The van der Waals surface area contributed by atoms with Crippen LogP contribution in [0.15, 0.2) is 97.3 Å². The lowest BCUT2D eigenvalue weighted by Gasteiger charge is -2.38. The Hall–Kier alpha value is -5.86. The number of aryl methyl sites for hydroxylation is 1. The van der Waals surface area contributed by atoms with Gasteiger partial charge in [-0.05, 0) is 59.1 Å². The molecule has 1 aliphatic heterocycles. The average molecular weight is 821 g/mol. The van der Waals surface area contributed by atoms with Crippen molar-refractivity contribution in [1.29, 1.82) is 0 Å². The van der Waals surface area contributed by atoms with Crippen molar-refractivity contribution >= 4 is 23.9 Å². The Labute approximate surface area is 353 Å². The molecule has 0 bridgehead atoms. The molecule has 1 fully saturated rings. The molecule has 3 atom stereocenters. The normalized spacial score (nSPS) is 14.7. The van der Waals surface area contributed by atoms with Gasteiger partial charge in [0, 0.05) is 69.3 Å². The SMILES string of the molecule is COC(=O)NCC(C)(C)CC(=O)NN(Cc1ccc(-c2ccccn2)cc1)CC(O)C(Cc1ccccc1)NC(=O)C(N1CCN(Cc2ccc(C)nc2)C1=O)C(C)(C)C. The summed E-state index contributed by atoms with van der Waals surface area (Å²) in [5.41, 5.74) is 7.03. The van der Waals surface area contributed by atoms with Crippen molar-refractivity contribution in [2.75, 3.05) is 33.3 Å². The van der Waals surface area contributed by atoms with E-state index in [2.05, 4.69) is 26.0 Å². The molecule has 60 heavy (non-hydrogen) atoms. The van der Waals surface area contributed by atoms with Gasteiger partial charge in [0.05, 0.1) is 24.9 Å². The number of nitrogens with one attached hydrogen (secondary N) is 3. The fourth-order valence-electron chi connectivity index (χ4n) is 7.35. The molecule has 320 valence electrons. The number of hydrogen-bond donors (Lipinski definition) is 4. The topological polar surface area (TPSA) is 169 Å². The fraction of sp³-hybridized carbons (Fsp3) is 0.435. The van der Waals surface area contributed by atoms with Crippen LogP contribution in [0.25, 0.3) is 11.3 Å². The largest absolute Gasteiger partial charge is 0.453 e. The van der Waals surface area contributed by atoms with Gasteiger partial charge in [-0.2, -0.15) is 0 Å². The molecule has 4 aromatic rings. The van der Waals surface area contributed by atoms with E-state index in [4.69, 9.17) is 4.74 Å². The van der Waals surface area contributed by atoms with Crippen molar-refractivity contribution in [1.82, 2.24) is 40.8 Å². The standard InChI is InChI=1S/C46H60N8O6/c1-32-16-17-35(27-48-32)28-52-23-24-54(44(52)59)41(45(2,3)4)42(57)50-38(25-33-13-9-8-10-14-33)39(55)30-53(51-40(56)26-46(5,6)31-49-43(58)60-7)29-34-18-20-36(21-19-34)37-15-11-12-22-47-37/h8-22,27,38-39,41,55H,23-26,28-31H2,1-7H3,(H,49,58)(H,50,57)(H,51,56). The lowest BCUT2D eigenvalue weighted by Crippen LogP contribution is -2.59. The molecule has 5 amide bonds. The molecule has 14 nitrogen and oxygen atoms in total. The third-order valence-corrected chi connectivity index (χ3v) is 10.5. The number of aromatic nitrogens is 2. The third-order valence-electron chi connectivity index (χ3n) is 10.5. The fourth-order valence-corrected chi connectivity index (χ4v) is 7.35. The molecule has 0 radical (unpaired) electrons. The highest BCUT2D eigenvalue weighted by Crippen LogP contribution is 2.29. The van der Waals surface area contributed by atoms with Crippen LogP contribution >= 0.6 is 0 Å². The van der Waals surface area contributed by atoms with E-state index >= 15 is 0 Å². The van der Waals surface area contributed by atoms with Gasteiger partial charge in [0.1, 0.15) is 6.04 Å². The third kappa shape index (κ3) is 13.1. The molecular formula is C46H60N8O6. The Morgan fingerprint density at radius 1 is 0.883 bits per heavy atom. The number of alkyl carbamates (subject to hydrolysis) is 1. The van der Waals surface area contributed by atoms with Crippen molar-refractivity contribution in [2.24, 2.45) is 10.8 Å². The van der Waals surface area contributed by atoms with Crippen LogP contribution in [-0.4, -0.2) is 105 Å². The molecule has 1 aliphatic rings. The summed E-state index contributed by atoms with van der Waals surface area (Å²) in [6.07, 6.45) is 2.09. The number of rotatable bonds is 18. The van der Waals surface area contributed by atoms with Gasteiger partial charge in [-0.1, -0.05) is 101 Å². The molecule has 1 saturated heterocycles. The van der Waals surface area contributed by atoms with E-state index < -0.39 is 35.1 Å². The van der Waals surface area contributed by atoms with Gasteiger partial charge >= 0.3 is 12.1 Å². The lowest BCUT2D eigenvalue weighted by molar-refractivity contribution is -0.132. The van der Waals surface area contributed by atoms with Gasteiger partial charge in [0.15, 0.2) is 0 Å². The Morgan fingerprint density at radius 2 is 1.58 bits per heavy atom. The number of carbonyl (C=O) groups is 4. The van der Waals surface area contributed by atoms with Gasteiger partial charge in [-0.3, -0.25) is 25.0 Å². The van der Waals surface area contributed by atoms with E-state index in [9.17, 15) is 24.3 Å². The number of pyridine rings is 2. The molecular weight excluding hydrogens is 761 g/mol. The molecule has 14 heteroatoms. The minimum Gasteiger partial charge on any atom is -0.453 e. The first-order valence-electron chi connectivity index (χ1n) is 20.4. The van der Waals surface area contributed by atoms with E-state index in [0.29, 0.717) is 19.6 Å². The molecule has 2 aromatic heterocycles. The summed E-state index contributed by atoms with van der Waals surface area (Å²) in [7, 11) is 1.28. The highest BCUT2D eigenvalue weighted by molar-refractivity contribution is 5.89. The maximum absolute atomic E-state index is 14.5. The summed E-state index contributed by atoms with van der Waals surface area (Å²) < 4.78 is 4.71. The molecule has 3 heterocycles. The number of ether oxygens (including phenoxy) is 1. The van der Waals surface area contributed by atoms with Gasteiger partial charge < -0.3 is 30.3 Å². The van der Waals surface area contributed by atoms with Crippen LogP contribution in [0.3, 0.4) is 0 Å². The molecule has 5 rings (SSSR count). The van der Waals surface area contributed by atoms with Crippen molar-refractivity contribution < 1.29 is 29.0 Å². The second kappa shape index (κ2) is 20.4. The second-order valence-corrected chi connectivity index (χ2v) is 17.4. The van der Waals surface area contributed by atoms with Crippen molar-refractivity contribution in [2.45, 2.75) is 85.7 Å². The first-order chi connectivity index (χ1) is 28.5. The van der Waals surface area contributed by atoms with Crippen LogP contribution in [-0.2, 0) is 33.8 Å². The predicted octanol–water partition coefficient (Wildman–Crippen LogP) is 5.50. The minimum atomic E-state index is -1.17. The molecule has 4 N–H and O–H groups in total. The first kappa shape index (κ1) is 45.2. The summed E-state index contributed by atoms with van der Waals surface area (Å²) in [6.45, 7) is 13.0. The van der Waals surface area contributed by atoms with Crippen LogP contribution < -0.4 is 16.1 Å². The number of benzene rings is 2. The number of urea groups is 1. The van der Waals surface area contributed by atoms with Crippen molar-refractivity contribution in [3.8, 4) is 11.3 Å². The maximum atomic E-state index is 14.5. The Balaban J connectivity index is 1.37. The molecule has 0 aliphatic carbocycles. The van der Waals surface area contributed by atoms with Gasteiger partial charge in [-0.25, -0.2) is 14.6 Å². The minimum absolute atomic E-state index is 0.0481. The van der Waals surface area contributed by atoms with E-state index in [-0.39, 0.29) is 50.3 Å². The number of hydrazine groups is 1. The number of aliphatic hydroxyl groups excluding tert-OH is 1. The monoisotopic (exact) mass is 820 g/mol.